The fourth-order valence-electron chi connectivity index (χ4n) is 2.11. The number of aryl methyl sites for hydroxylation is 1. The highest BCUT2D eigenvalue weighted by molar-refractivity contribution is 5.24. The summed E-state index contributed by atoms with van der Waals surface area (Å²) >= 11 is 0. The van der Waals surface area contributed by atoms with Gasteiger partial charge < -0.3 is 0 Å². The van der Waals surface area contributed by atoms with Crippen LogP contribution in [0.3, 0.4) is 0 Å². The summed E-state index contributed by atoms with van der Waals surface area (Å²) < 4.78 is 0. The molecule has 0 radical (unpaired) electrons. The topological polar surface area (TPSA) is 0 Å². The van der Waals surface area contributed by atoms with Gasteiger partial charge in [-0.2, -0.15) is 0 Å². The molecule has 0 nitrogen and oxygen atoms in total. The van der Waals surface area contributed by atoms with Crippen molar-refractivity contribution in [2.24, 2.45) is 11.8 Å². The standard InChI is InChI=1S/C15H24/c1-11(2)10-15(12(3)4)14-8-6-13(5)7-9-14/h6-9,11-12,15H,10H2,1-5H3. The normalized spacial score (nSPS) is 13.5. The Morgan fingerprint density at radius 1 is 0.933 bits per heavy atom. The Hall–Kier alpha value is -0.780. The van der Waals surface area contributed by atoms with E-state index in [1.54, 1.807) is 0 Å². The third kappa shape index (κ3) is 3.70. The van der Waals surface area contributed by atoms with Crippen LogP contribution in [0.1, 0.15) is 51.2 Å². The van der Waals surface area contributed by atoms with Crippen LogP contribution in [-0.4, -0.2) is 0 Å². The zero-order chi connectivity index (χ0) is 11.4. The molecule has 0 aliphatic rings. The van der Waals surface area contributed by atoms with E-state index in [4.69, 9.17) is 0 Å². The van der Waals surface area contributed by atoms with Crippen LogP contribution in [0, 0.1) is 18.8 Å². The van der Waals surface area contributed by atoms with Gasteiger partial charge in [0, 0.05) is 0 Å². The highest BCUT2D eigenvalue weighted by atomic mass is 14.2. The van der Waals surface area contributed by atoms with Crippen LogP contribution in [0.4, 0.5) is 0 Å². The molecule has 0 heterocycles. The Bertz CT molecular complexity index is 279. The molecule has 0 saturated heterocycles. The Balaban J connectivity index is 2.84. The molecule has 0 aliphatic heterocycles. The summed E-state index contributed by atoms with van der Waals surface area (Å²) in [7, 11) is 0. The monoisotopic (exact) mass is 204 g/mol. The zero-order valence-corrected chi connectivity index (χ0v) is 10.7. The maximum absolute atomic E-state index is 2.33. The number of rotatable bonds is 4. The molecule has 0 saturated carbocycles. The van der Waals surface area contributed by atoms with Gasteiger partial charge in [-0.1, -0.05) is 57.5 Å². The predicted molar refractivity (Wildman–Crippen MR) is 68.2 cm³/mol. The summed E-state index contributed by atoms with van der Waals surface area (Å²) in [5.41, 5.74) is 2.86. The number of hydrogen-bond acceptors (Lipinski definition) is 0. The van der Waals surface area contributed by atoms with Gasteiger partial charge in [0.15, 0.2) is 0 Å². The van der Waals surface area contributed by atoms with E-state index in [0.29, 0.717) is 5.92 Å². The number of benzene rings is 1. The van der Waals surface area contributed by atoms with E-state index in [2.05, 4.69) is 58.9 Å². The second kappa shape index (κ2) is 5.34. The number of hydrogen-bond donors (Lipinski definition) is 0. The van der Waals surface area contributed by atoms with E-state index < -0.39 is 0 Å². The van der Waals surface area contributed by atoms with Crippen molar-refractivity contribution >= 4 is 0 Å². The van der Waals surface area contributed by atoms with Crippen LogP contribution in [-0.2, 0) is 0 Å². The van der Waals surface area contributed by atoms with Gasteiger partial charge in [0.25, 0.3) is 0 Å². The van der Waals surface area contributed by atoms with Crippen LogP contribution in [0.5, 0.6) is 0 Å². The fourth-order valence-corrected chi connectivity index (χ4v) is 2.11. The molecular formula is C15H24. The summed E-state index contributed by atoms with van der Waals surface area (Å²) in [6.07, 6.45) is 1.29. The molecule has 0 spiro atoms. The second-order valence-electron chi connectivity index (χ2n) is 5.39. The molecule has 15 heavy (non-hydrogen) atoms. The molecular weight excluding hydrogens is 180 g/mol. The third-order valence-electron chi connectivity index (χ3n) is 3.04. The lowest BCUT2D eigenvalue weighted by molar-refractivity contribution is 0.408. The van der Waals surface area contributed by atoms with E-state index in [9.17, 15) is 0 Å². The third-order valence-corrected chi connectivity index (χ3v) is 3.04. The van der Waals surface area contributed by atoms with E-state index in [1.807, 2.05) is 0 Å². The predicted octanol–water partition coefficient (Wildman–Crippen LogP) is 4.78. The molecule has 0 bridgehead atoms. The molecule has 1 aromatic carbocycles. The van der Waals surface area contributed by atoms with Gasteiger partial charge >= 0.3 is 0 Å². The molecule has 0 aliphatic carbocycles. The quantitative estimate of drug-likeness (QED) is 0.662. The maximum Gasteiger partial charge on any atom is -0.0136 e. The molecule has 1 aromatic rings. The van der Waals surface area contributed by atoms with Crippen molar-refractivity contribution in [2.75, 3.05) is 0 Å². The smallest absolute Gasteiger partial charge is 0.0136 e. The lowest BCUT2D eigenvalue weighted by atomic mass is 9.82. The molecule has 0 fully saturated rings. The largest absolute Gasteiger partial charge is 0.0628 e. The first-order valence-electron chi connectivity index (χ1n) is 6.07. The summed E-state index contributed by atoms with van der Waals surface area (Å²) in [5.74, 6) is 2.22. The van der Waals surface area contributed by atoms with Crippen LogP contribution >= 0.6 is 0 Å². The van der Waals surface area contributed by atoms with Gasteiger partial charge in [0.2, 0.25) is 0 Å². The summed E-state index contributed by atoms with van der Waals surface area (Å²) in [4.78, 5) is 0. The van der Waals surface area contributed by atoms with Crippen molar-refractivity contribution in [3.63, 3.8) is 0 Å². The minimum atomic E-state index is 0.714. The van der Waals surface area contributed by atoms with Crippen molar-refractivity contribution in [2.45, 2.75) is 47.0 Å². The average Bonchev–Trinajstić information content (AvgIpc) is 2.15. The lowest BCUT2D eigenvalue weighted by Gasteiger charge is -2.23. The molecule has 0 amide bonds. The van der Waals surface area contributed by atoms with Gasteiger partial charge in [-0.05, 0) is 36.7 Å². The van der Waals surface area contributed by atoms with Crippen molar-refractivity contribution in [3.8, 4) is 0 Å². The highest BCUT2D eigenvalue weighted by Gasteiger charge is 2.16. The molecule has 0 N–H and O–H groups in total. The molecule has 84 valence electrons. The van der Waals surface area contributed by atoms with E-state index >= 15 is 0 Å². The lowest BCUT2D eigenvalue weighted by Crippen LogP contribution is -2.09. The first-order valence-corrected chi connectivity index (χ1v) is 6.07. The highest BCUT2D eigenvalue weighted by Crippen LogP contribution is 2.30. The Kier molecular flexibility index (Phi) is 4.38. The maximum atomic E-state index is 2.33. The van der Waals surface area contributed by atoms with E-state index in [-0.39, 0.29) is 0 Å². The molecule has 0 heteroatoms. The minimum Gasteiger partial charge on any atom is -0.0628 e. The van der Waals surface area contributed by atoms with Crippen LogP contribution in [0.2, 0.25) is 0 Å². The van der Waals surface area contributed by atoms with Gasteiger partial charge in [-0.25, -0.2) is 0 Å². The minimum absolute atomic E-state index is 0.714. The van der Waals surface area contributed by atoms with Crippen LogP contribution in [0.25, 0.3) is 0 Å². The van der Waals surface area contributed by atoms with Gasteiger partial charge in [-0.3, -0.25) is 0 Å². The summed E-state index contributed by atoms with van der Waals surface area (Å²) in [6.45, 7) is 11.4. The van der Waals surface area contributed by atoms with Gasteiger partial charge in [0.1, 0.15) is 0 Å². The summed E-state index contributed by atoms with van der Waals surface area (Å²) in [5, 5.41) is 0. The van der Waals surface area contributed by atoms with Crippen molar-refractivity contribution < 1.29 is 0 Å². The summed E-state index contributed by atoms with van der Waals surface area (Å²) in [6, 6.07) is 9.04. The SMILES string of the molecule is Cc1ccc(C(CC(C)C)C(C)C)cc1. The first kappa shape index (κ1) is 12.3. The van der Waals surface area contributed by atoms with Crippen molar-refractivity contribution in [1.29, 1.82) is 0 Å². The van der Waals surface area contributed by atoms with Crippen LogP contribution in [0.15, 0.2) is 24.3 Å². The van der Waals surface area contributed by atoms with E-state index in [1.165, 1.54) is 17.5 Å². The molecule has 1 rings (SSSR count). The first-order chi connectivity index (χ1) is 7.00. The Morgan fingerprint density at radius 3 is 1.87 bits per heavy atom. The van der Waals surface area contributed by atoms with Crippen LogP contribution < -0.4 is 0 Å². The molecule has 0 aromatic heterocycles. The van der Waals surface area contributed by atoms with E-state index in [0.717, 1.165) is 11.8 Å². The Morgan fingerprint density at radius 2 is 1.47 bits per heavy atom. The molecule has 1 unspecified atom stereocenters. The molecule has 1 atom stereocenters. The fraction of sp³-hybridized carbons (Fsp3) is 0.600. The Labute approximate surface area is 94.7 Å². The second-order valence-corrected chi connectivity index (χ2v) is 5.39. The van der Waals surface area contributed by atoms with Gasteiger partial charge in [-0.15, -0.1) is 0 Å². The van der Waals surface area contributed by atoms with Crippen molar-refractivity contribution in [1.82, 2.24) is 0 Å². The zero-order valence-electron chi connectivity index (χ0n) is 10.7. The van der Waals surface area contributed by atoms with Gasteiger partial charge in [0.05, 0.1) is 0 Å². The van der Waals surface area contributed by atoms with Crippen molar-refractivity contribution in [3.05, 3.63) is 35.4 Å². The average molecular weight is 204 g/mol.